The van der Waals surface area contributed by atoms with Gasteiger partial charge < -0.3 is 20.3 Å². The van der Waals surface area contributed by atoms with Crippen LogP contribution in [0.15, 0.2) is 60.8 Å². The van der Waals surface area contributed by atoms with Crippen molar-refractivity contribution in [2.24, 2.45) is 0 Å². The number of esters is 1. The minimum Gasteiger partial charge on any atom is -0.466 e. The Balaban J connectivity index is 3.46. The van der Waals surface area contributed by atoms with Gasteiger partial charge in [0.1, 0.15) is 0 Å². The Morgan fingerprint density at radius 1 is 0.359 bits per heavy atom. The minimum atomic E-state index is -0.849. The molecule has 2 atom stereocenters. The van der Waals surface area contributed by atoms with Crippen molar-refractivity contribution in [3.05, 3.63) is 60.8 Å². The summed E-state index contributed by atoms with van der Waals surface area (Å²) >= 11 is 0. The van der Waals surface area contributed by atoms with E-state index in [1.54, 1.807) is 6.08 Å². The number of hydrogen-bond donors (Lipinski definition) is 3. The zero-order valence-corrected chi connectivity index (χ0v) is 52.1. The summed E-state index contributed by atoms with van der Waals surface area (Å²) in [7, 11) is 0. The fourth-order valence-electron chi connectivity index (χ4n) is 10.4. The molecule has 0 radical (unpaired) electrons. The number of hydrogen-bond acceptors (Lipinski definition) is 5. The molecule has 6 heteroatoms. The van der Waals surface area contributed by atoms with E-state index in [4.69, 9.17) is 4.74 Å². The molecule has 0 aliphatic heterocycles. The van der Waals surface area contributed by atoms with Crippen LogP contribution in [0.3, 0.4) is 0 Å². The van der Waals surface area contributed by atoms with E-state index < -0.39 is 12.1 Å². The number of carbonyl (C=O) groups is 2. The van der Waals surface area contributed by atoms with Gasteiger partial charge in [-0.25, -0.2) is 0 Å². The van der Waals surface area contributed by atoms with Gasteiger partial charge in [-0.2, -0.15) is 0 Å². The highest BCUT2D eigenvalue weighted by atomic mass is 16.5. The predicted octanol–water partition coefficient (Wildman–Crippen LogP) is 22.3. The third kappa shape index (κ3) is 62.8. The maximum absolute atomic E-state index is 12.5. The van der Waals surface area contributed by atoms with Crippen molar-refractivity contribution in [1.82, 2.24) is 5.32 Å². The molecular formula is C72H133NO5. The topological polar surface area (TPSA) is 95.9 Å². The van der Waals surface area contributed by atoms with Gasteiger partial charge in [-0.15, -0.1) is 0 Å². The lowest BCUT2D eigenvalue weighted by Crippen LogP contribution is -2.45. The summed E-state index contributed by atoms with van der Waals surface area (Å²) in [5, 5.41) is 23.2. The number of rotatable bonds is 64. The van der Waals surface area contributed by atoms with Gasteiger partial charge in [0.2, 0.25) is 5.91 Å². The molecule has 0 saturated heterocycles. The van der Waals surface area contributed by atoms with Gasteiger partial charge in [0.25, 0.3) is 0 Å². The van der Waals surface area contributed by atoms with E-state index in [9.17, 15) is 19.8 Å². The molecule has 2 unspecified atom stereocenters. The predicted molar refractivity (Wildman–Crippen MR) is 342 cm³/mol. The average Bonchev–Trinajstić information content (AvgIpc) is 3.44. The molecule has 0 fully saturated rings. The number of nitrogens with one attached hydrogen (secondary N) is 1. The van der Waals surface area contributed by atoms with E-state index in [0.29, 0.717) is 19.4 Å². The summed E-state index contributed by atoms with van der Waals surface area (Å²) in [6, 6.07) is -0.632. The van der Waals surface area contributed by atoms with Gasteiger partial charge in [0.05, 0.1) is 25.4 Å². The van der Waals surface area contributed by atoms with E-state index in [0.717, 1.165) is 57.8 Å². The van der Waals surface area contributed by atoms with Crippen LogP contribution in [0.25, 0.3) is 0 Å². The minimum absolute atomic E-state index is 0.00464. The molecule has 0 aliphatic carbocycles. The van der Waals surface area contributed by atoms with E-state index >= 15 is 0 Å². The zero-order chi connectivity index (χ0) is 56.4. The molecule has 6 nitrogen and oxygen atoms in total. The Labute approximate surface area is 486 Å². The first-order valence-electron chi connectivity index (χ1n) is 34.6. The first-order valence-corrected chi connectivity index (χ1v) is 34.6. The lowest BCUT2D eigenvalue weighted by molar-refractivity contribution is -0.143. The molecule has 0 aliphatic rings. The maximum Gasteiger partial charge on any atom is 0.305 e. The normalized spacial score (nSPS) is 12.9. The van der Waals surface area contributed by atoms with Crippen molar-refractivity contribution < 1.29 is 24.5 Å². The lowest BCUT2D eigenvalue weighted by atomic mass is 10.0. The Bertz CT molecular complexity index is 1350. The SMILES string of the molecule is CCCC/C=C\C/C=C\CCCCCCCC(=O)OCCCCCCCCCCC/C=C\C/C=C\CCCCCCCCCCCCCC(=O)NC(CO)C(O)/C=C/CCCCCCCCCCCCCCCCCCCC. The van der Waals surface area contributed by atoms with Crippen LogP contribution in [0.2, 0.25) is 0 Å². The summed E-state index contributed by atoms with van der Waals surface area (Å²) < 4.78 is 5.47. The summed E-state index contributed by atoms with van der Waals surface area (Å²) in [5.41, 5.74) is 0. The van der Waals surface area contributed by atoms with Crippen molar-refractivity contribution >= 4 is 11.9 Å². The number of ether oxygens (including phenoxy) is 1. The molecule has 1 amide bonds. The summed E-state index contributed by atoms with van der Waals surface area (Å²) in [6.07, 6.45) is 88.6. The van der Waals surface area contributed by atoms with Gasteiger partial charge in [-0.05, 0) is 89.9 Å². The standard InChI is InChI=1S/C72H133NO5/c1-3-5-7-9-11-13-15-17-19-20-21-31-34-37-40-44-48-52-56-60-64-70(75)69(68-74)73-71(76)65-61-57-53-49-45-41-38-35-32-29-27-25-23-22-24-26-28-30-33-36-39-43-47-51-55-59-63-67-78-72(77)66-62-58-54-50-46-42-18-16-14-12-10-8-6-4-2/h10,12,16,18,22-23,26,28,60,64,69-70,74-75H,3-9,11,13-15,17,19-21,24-25,27,29-59,61-63,65-68H2,1-2H3,(H,73,76)/b12-10-,18-16-,23-22-,28-26-,64-60+. The Hall–Kier alpha value is -2.44. The van der Waals surface area contributed by atoms with Crippen molar-refractivity contribution in [3.8, 4) is 0 Å². The second-order valence-electron chi connectivity index (χ2n) is 23.5. The third-order valence-electron chi connectivity index (χ3n) is 15.8. The highest BCUT2D eigenvalue weighted by Gasteiger charge is 2.18. The summed E-state index contributed by atoms with van der Waals surface area (Å²) in [4.78, 5) is 24.6. The number of carbonyl (C=O) groups excluding carboxylic acids is 2. The molecule has 456 valence electrons. The van der Waals surface area contributed by atoms with Crippen LogP contribution < -0.4 is 5.32 Å². The van der Waals surface area contributed by atoms with Crippen LogP contribution in [0.1, 0.15) is 361 Å². The van der Waals surface area contributed by atoms with Crippen molar-refractivity contribution in [2.45, 2.75) is 373 Å². The molecule has 0 aromatic carbocycles. The Kier molecular flexibility index (Phi) is 65.0. The molecule has 0 rings (SSSR count). The van der Waals surface area contributed by atoms with Gasteiger partial charge in [-0.3, -0.25) is 9.59 Å². The molecule has 3 N–H and O–H groups in total. The third-order valence-corrected chi connectivity index (χ3v) is 15.8. The van der Waals surface area contributed by atoms with Gasteiger partial charge in [0, 0.05) is 12.8 Å². The zero-order valence-electron chi connectivity index (χ0n) is 52.1. The van der Waals surface area contributed by atoms with Crippen LogP contribution in [0, 0.1) is 0 Å². The molecule has 0 aromatic heterocycles. The van der Waals surface area contributed by atoms with E-state index in [-0.39, 0.29) is 18.5 Å². The molecule has 78 heavy (non-hydrogen) atoms. The molecule has 0 spiro atoms. The highest BCUT2D eigenvalue weighted by Crippen LogP contribution is 2.17. The van der Waals surface area contributed by atoms with Crippen LogP contribution >= 0.6 is 0 Å². The average molecular weight is 1090 g/mol. The Morgan fingerprint density at radius 3 is 1.01 bits per heavy atom. The first kappa shape index (κ1) is 75.6. The highest BCUT2D eigenvalue weighted by molar-refractivity contribution is 5.76. The molecule has 0 heterocycles. The fourth-order valence-corrected chi connectivity index (χ4v) is 10.4. The summed E-state index contributed by atoms with van der Waals surface area (Å²) in [6.45, 7) is 4.87. The summed E-state index contributed by atoms with van der Waals surface area (Å²) in [5.74, 6) is -0.0736. The quantitative estimate of drug-likeness (QED) is 0.0320. The van der Waals surface area contributed by atoms with Crippen LogP contribution in [0.5, 0.6) is 0 Å². The molecule has 0 aromatic rings. The largest absolute Gasteiger partial charge is 0.466 e. The van der Waals surface area contributed by atoms with Gasteiger partial charge in [0.15, 0.2) is 0 Å². The Morgan fingerprint density at radius 2 is 0.654 bits per heavy atom. The number of unbranched alkanes of at least 4 members (excludes halogenated alkanes) is 45. The molecular weight excluding hydrogens is 959 g/mol. The number of allylic oxidation sites excluding steroid dienone is 9. The molecule has 0 bridgehead atoms. The number of aliphatic hydroxyl groups is 2. The first-order chi connectivity index (χ1) is 38.5. The van der Waals surface area contributed by atoms with Crippen molar-refractivity contribution in [1.29, 1.82) is 0 Å². The molecule has 0 saturated carbocycles. The van der Waals surface area contributed by atoms with Gasteiger partial charge >= 0.3 is 5.97 Å². The van der Waals surface area contributed by atoms with Crippen LogP contribution in [-0.4, -0.2) is 47.4 Å². The fraction of sp³-hybridized carbons (Fsp3) is 0.833. The van der Waals surface area contributed by atoms with Crippen LogP contribution in [-0.2, 0) is 14.3 Å². The maximum atomic E-state index is 12.5. The van der Waals surface area contributed by atoms with E-state index in [1.165, 1.54) is 276 Å². The number of amides is 1. The van der Waals surface area contributed by atoms with Crippen molar-refractivity contribution in [2.75, 3.05) is 13.2 Å². The smallest absolute Gasteiger partial charge is 0.305 e. The van der Waals surface area contributed by atoms with E-state index in [2.05, 4.69) is 67.8 Å². The van der Waals surface area contributed by atoms with Gasteiger partial charge in [-0.1, -0.05) is 319 Å². The second kappa shape index (κ2) is 67.1. The number of aliphatic hydroxyl groups excluding tert-OH is 2. The van der Waals surface area contributed by atoms with Crippen molar-refractivity contribution in [3.63, 3.8) is 0 Å². The monoisotopic (exact) mass is 1090 g/mol. The second-order valence-corrected chi connectivity index (χ2v) is 23.5. The van der Waals surface area contributed by atoms with E-state index in [1.807, 2.05) is 6.08 Å². The van der Waals surface area contributed by atoms with Crippen LogP contribution in [0.4, 0.5) is 0 Å². The lowest BCUT2D eigenvalue weighted by Gasteiger charge is -2.20.